The molecule has 162 valence electrons. The highest BCUT2D eigenvalue weighted by Crippen LogP contribution is 2.32. The molecule has 0 saturated carbocycles. The zero-order chi connectivity index (χ0) is 21.9. The molecule has 0 saturated heterocycles. The molecule has 0 radical (unpaired) electrons. The summed E-state index contributed by atoms with van der Waals surface area (Å²) in [7, 11) is 1.57. The maximum Gasteiger partial charge on any atom is 0.140 e. The van der Waals surface area contributed by atoms with Gasteiger partial charge < -0.3 is 20.5 Å². The molecule has 3 rings (SSSR count). The Morgan fingerprint density at radius 3 is 2.73 bits per heavy atom. The second-order valence-corrected chi connectivity index (χ2v) is 7.83. The highest BCUT2D eigenvalue weighted by Gasteiger charge is 2.23. The summed E-state index contributed by atoms with van der Waals surface area (Å²) in [5.74, 6) is 1.16. The molecule has 0 aliphatic rings. The van der Waals surface area contributed by atoms with Gasteiger partial charge in [0.2, 0.25) is 0 Å². The van der Waals surface area contributed by atoms with Gasteiger partial charge in [-0.25, -0.2) is 14.4 Å². The number of aromatic nitrogens is 3. The molecular weight excluding hydrogens is 385 g/mol. The predicted molar refractivity (Wildman–Crippen MR) is 117 cm³/mol. The van der Waals surface area contributed by atoms with Crippen LogP contribution >= 0.6 is 0 Å². The van der Waals surface area contributed by atoms with Crippen molar-refractivity contribution in [2.45, 2.75) is 45.5 Å². The van der Waals surface area contributed by atoms with Crippen LogP contribution in [0, 0.1) is 0 Å². The number of anilines is 1. The third kappa shape index (κ3) is 4.71. The highest BCUT2D eigenvalue weighted by molar-refractivity contribution is 5.64. The summed E-state index contributed by atoms with van der Waals surface area (Å²) >= 11 is 0. The number of halogens is 1. The molecule has 8 heteroatoms. The van der Waals surface area contributed by atoms with Crippen LogP contribution in [0.3, 0.4) is 0 Å². The van der Waals surface area contributed by atoms with Crippen LogP contribution in [-0.4, -0.2) is 51.9 Å². The molecule has 3 aromatic heterocycles. The summed E-state index contributed by atoms with van der Waals surface area (Å²) in [5, 5.41) is 16.9. The van der Waals surface area contributed by atoms with Gasteiger partial charge in [0, 0.05) is 24.4 Å². The quantitative estimate of drug-likeness (QED) is 0.497. The van der Waals surface area contributed by atoms with Gasteiger partial charge in [-0.3, -0.25) is 4.40 Å². The standard InChI is InChI=1S/C22H30FN5O2/c1-6-24-11-17(14(2)23)27-20-9-7-8-16(26-20)18-12-25-21-10-19(30-5)15(13-28(18)21)22(3,4)29/h7-10,12-14,17,24,29H,6,11H2,1-5H3,(H,26,27)/t14-,17-/m0/s1. The molecule has 0 aliphatic carbocycles. The molecule has 0 fully saturated rings. The van der Waals surface area contributed by atoms with Crippen LogP contribution in [0.5, 0.6) is 5.75 Å². The van der Waals surface area contributed by atoms with Crippen molar-refractivity contribution in [2.75, 3.05) is 25.5 Å². The fourth-order valence-corrected chi connectivity index (χ4v) is 3.30. The predicted octanol–water partition coefficient (Wildman–Crippen LogP) is 3.38. The van der Waals surface area contributed by atoms with Gasteiger partial charge in [-0.2, -0.15) is 0 Å². The van der Waals surface area contributed by atoms with E-state index in [0.29, 0.717) is 35.0 Å². The molecular formula is C22H30FN5O2. The first kappa shape index (κ1) is 22.0. The fourth-order valence-electron chi connectivity index (χ4n) is 3.30. The summed E-state index contributed by atoms with van der Waals surface area (Å²) < 4.78 is 21.3. The molecule has 0 aliphatic heterocycles. The lowest BCUT2D eigenvalue weighted by molar-refractivity contribution is 0.0752. The molecule has 3 heterocycles. The number of methoxy groups -OCH3 is 1. The van der Waals surface area contributed by atoms with Gasteiger partial charge in [0.1, 0.15) is 23.4 Å². The summed E-state index contributed by atoms with van der Waals surface area (Å²) in [5.41, 5.74) is 1.68. The van der Waals surface area contributed by atoms with Crippen LogP contribution in [0.2, 0.25) is 0 Å². The number of rotatable bonds is 9. The Labute approximate surface area is 176 Å². The summed E-state index contributed by atoms with van der Waals surface area (Å²) in [4.78, 5) is 9.13. The van der Waals surface area contributed by atoms with Gasteiger partial charge in [-0.15, -0.1) is 0 Å². The molecule has 0 amide bonds. The number of likely N-dealkylation sites (N-methyl/N-ethyl adjacent to an activating group) is 1. The van der Waals surface area contributed by atoms with Crippen molar-refractivity contribution in [3.63, 3.8) is 0 Å². The third-order valence-corrected chi connectivity index (χ3v) is 5.00. The molecule has 0 aromatic carbocycles. The van der Waals surface area contributed by atoms with E-state index in [-0.39, 0.29) is 6.04 Å². The second kappa shape index (κ2) is 8.97. The van der Waals surface area contributed by atoms with Gasteiger partial charge in [-0.05, 0) is 39.4 Å². The van der Waals surface area contributed by atoms with Gasteiger partial charge in [0.25, 0.3) is 0 Å². The Bertz CT molecular complexity index is 997. The van der Waals surface area contributed by atoms with E-state index < -0.39 is 11.8 Å². The van der Waals surface area contributed by atoms with E-state index in [4.69, 9.17) is 4.74 Å². The van der Waals surface area contributed by atoms with E-state index in [1.165, 1.54) is 6.92 Å². The van der Waals surface area contributed by atoms with Crippen LogP contribution in [0.1, 0.15) is 33.3 Å². The number of aliphatic hydroxyl groups is 1. The Hall–Kier alpha value is -2.71. The average molecular weight is 416 g/mol. The molecule has 0 bridgehead atoms. The largest absolute Gasteiger partial charge is 0.496 e. The minimum absolute atomic E-state index is 0.388. The van der Waals surface area contributed by atoms with E-state index in [1.807, 2.05) is 35.7 Å². The van der Waals surface area contributed by atoms with Crippen molar-refractivity contribution in [2.24, 2.45) is 0 Å². The molecule has 0 spiro atoms. The fraction of sp³-hybridized carbons (Fsp3) is 0.455. The summed E-state index contributed by atoms with van der Waals surface area (Å²) in [6, 6.07) is 6.97. The molecule has 3 N–H and O–H groups in total. The summed E-state index contributed by atoms with van der Waals surface area (Å²) in [6.45, 7) is 8.21. The number of hydrogen-bond acceptors (Lipinski definition) is 6. The number of ether oxygens (including phenoxy) is 1. The number of alkyl halides is 1. The van der Waals surface area contributed by atoms with Crippen molar-refractivity contribution in [3.05, 3.63) is 42.2 Å². The Morgan fingerprint density at radius 1 is 1.33 bits per heavy atom. The smallest absolute Gasteiger partial charge is 0.140 e. The van der Waals surface area contributed by atoms with Gasteiger partial charge in [0.15, 0.2) is 0 Å². The van der Waals surface area contributed by atoms with E-state index in [1.54, 1.807) is 33.2 Å². The zero-order valence-corrected chi connectivity index (χ0v) is 18.1. The van der Waals surface area contributed by atoms with E-state index >= 15 is 0 Å². The number of hydrogen-bond donors (Lipinski definition) is 3. The van der Waals surface area contributed by atoms with Crippen molar-refractivity contribution < 1.29 is 14.2 Å². The van der Waals surface area contributed by atoms with Gasteiger partial charge in [0.05, 0.1) is 36.3 Å². The van der Waals surface area contributed by atoms with Crippen LogP contribution in [0.25, 0.3) is 17.0 Å². The normalized spacial score (nSPS) is 14.0. The van der Waals surface area contributed by atoms with Crippen molar-refractivity contribution in [1.82, 2.24) is 19.7 Å². The third-order valence-electron chi connectivity index (χ3n) is 5.00. The van der Waals surface area contributed by atoms with Crippen LogP contribution in [0.15, 0.2) is 36.7 Å². The van der Waals surface area contributed by atoms with E-state index in [9.17, 15) is 9.50 Å². The molecule has 7 nitrogen and oxygen atoms in total. The van der Waals surface area contributed by atoms with Crippen LogP contribution < -0.4 is 15.4 Å². The average Bonchev–Trinajstić information content (AvgIpc) is 3.12. The highest BCUT2D eigenvalue weighted by atomic mass is 19.1. The lowest BCUT2D eigenvalue weighted by Gasteiger charge is -2.22. The van der Waals surface area contributed by atoms with Crippen molar-refractivity contribution in [3.8, 4) is 17.1 Å². The van der Waals surface area contributed by atoms with E-state index in [0.717, 1.165) is 12.2 Å². The number of nitrogens with zero attached hydrogens (tertiary/aromatic N) is 3. The zero-order valence-electron chi connectivity index (χ0n) is 18.1. The van der Waals surface area contributed by atoms with E-state index in [2.05, 4.69) is 20.6 Å². The summed E-state index contributed by atoms with van der Waals surface area (Å²) in [6.07, 6.45) is 2.51. The first-order valence-electron chi connectivity index (χ1n) is 10.1. The van der Waals surface area contributed by atoms with Gasteiger partial charge >= 0.3 is 0 Å². The Morgan fingerprint density at radius 2 is 2.10 bits per heavy atom. The van der Waals surface area contributed by atoms with Crippen molar-refractivity contribution >= 4 is 11.5 Å². The molecule has 3 aromatic rings. The number of fused-ring (bicyclic) bond motifs is 1. The number of imidazole rings is 1. The molecule has 30 heavy (non-hydrogen) atoms. The molecule has 0 unspecified atom stereocenters. The lowest BCUT2D eigenvalue weighted by Crippen LogP contribution is -2.39. The first-order chi connectivity index (χ1) is 14.2. The Balaban J connectivity index is 1.99. The van der Waals surface area contributed by atoms with Crippen LogP contribution in [0.4, 0.5) is 10.2 Å². The topological polar surface area (TPSA) is 83.7 Å². The first-order valence-corrected chi connectivity index (χ1v) is 10.1. The maximum atomic E-state index is 14.0. The SMILES string of the molecule is CCNC[C@H](Nc1cccc(-c2cnc3cc(OC)c(C(C)(C)O)cn23)n1)[C@H](C)F. The maximum absolute atomic E-state index is 14.0. The number of pyridine rings is 2. The van der Waals surface area contributed by atoms with Crippen LogP contribution in [-0.2, 0) is 5.60 Å². The monoisotopic (exact) mass is 415 g/mol. The minimum Gasteiger partial charge on any atom is -0.496 e. The minimum atomic E-state index is -1.09. The van der Waals surface area contributed by atoms with Gasteiger partial charge in [-0.1, -0.05) is 13.0 Å². The Kier molecular flexibility index (Phi) is 6.58. The number of nitrogens with one attached hydrogen (secondary N) is 2. The molecule has 2 atom stereocenters. The second-order valence-electron chi connectivity index (χ2n) is 7.83. The lowest BCUT2D eigenvalue weighted by atomic mass is 9.99. The van der Waals surface area contributed by atoms with Crippen molar-refractivity contribution in [1.29, 1.82) is 0 Å².